The van der Waals surface area contributed by atoms with E-state index in [-0.39, 0.29) is 11.2 Å². The summed E-state index contributed by atoms with van der Waals surface area (Å²) in [6.07, 6.45) is -3.13. The third-order valence-corrected chi connectivity index (χ3v) is 1.64. The van der Waals surface area contributed by atoms with Crippen molar-refractivity contribution in [2.24, 2.45) is 0 Å². The topological polar surface area (TPSA) is 30.2 Å². The van der Waals surface area contributed by atoms with Crippen LogP contribution in [0.25, 0.3) is 5.65 Å². The second kappa shape index (κ2) is 2.73. The summed E-state index contributed by atoms with van der Waals surface area (Å²) in [5.74, 6) is 0. The van der Waals surface area contributed by atoms with Gasteiger partial charge < -0.3 is 0 Å². The lowest BCUT2D eigenvalue weighted by Crippen LogP contribution is -2.09. The van der Waals surface area contributed by atoms with Gasteiger partial charge in [-0.25, -0.2) is 9.50 Å². The van der Waals surface area contributed by atoms with Gasteiger partial charge in [-0.05, 0) is 11.7 Å². The van der Waals surface area contributed by atoms with Gasteiger partial charge in [-0.3, -0.25) is 0 Å². The Labute approximate surface area is 78.0 Å². The predicted molar refractivity (Wildman–Crippen MR) is 43.4 cm³/mol. The molecule has 0 unspecified atom stereocenters. The first-order valence-electron chi connectivity index (χ1n) is 3.66. The van der Waals surface area contributed by atoms with Gasteiger partial charge in [0.15, 0.2) is 11.3 Å². The van der Waals surface area contributed by atoms with Crippen molar-refractivity contribution in [3.8, 4) is 0 Å². The molecular weight excluding hydrogens is 194 g/mol. The molecule has 0 spiro atoms. The lowest BCUT2D eigenvalue weighted by atomic mass is 10.1. The average molecular weight is 197 g/mol. The highest BCUT2D eigenvalue weighted by atomic mass is 19.4. The van der Waals surface area contributed by atoms with Gasteiger partial charge in [0.1, 0.15) is 7.85 Å². The van der Waals surface area contributed by atoms with Crippen LogP contribution in [0.5, 0.6) is 0 Å². The fourth-order valence-electron chi connectivity index (χ4n) is 1.03. The first-order chi connectivity index (χ1) is 6.47. The van der Waals surface area contributed by atoms with E-state index in [0.717, 1.165) is 10.6 Å². The van der Waals surface area contributed by atoms with Gasteiger partial charge in [0, 0.05) is 12.3 Å². The minimum atomic E-state index is -4.46. The maximum atomic E-state index is 12.2. The Bertz CT molecular complexity index is 476. The number of hydrogen-bond acceptors (Lipinski definition) is 2. The first-order valence-corrected chi connectivity index (χ1v) is 3.66. The molecule has 2 radical (unpaired) electrons. The van der Waals surface area contributed by atoms with Gasteiger partial charge in [-0.2, -0.15) is 18.3 Å². The molecule has 0 atom stereocenters. The second-order valence-electron chi connectivity index (χ2n) is 2.68. The highest BCUT2D eigenvalue weighted by Gasteiger charge is 2.34. The normalized spacial score (nSPS) is 12.2. The van der Waals surface area contributed by atoms with Crippen LogP contribution >= 0.6 is 0 Å². The van der Waals surface area contributed by atoms with E-state index in [1.807, 2.05) is 0 Å². The summed E-state index contributed by atoms with van der Waals surface area (Å²) in [5, 5.41) is 3.30. The van der Waals surface area contributed by atoms with Gasteiger partial charge in [-0.1, -0.05) is 0 Å². The zero-order valence-corrected chi connectivity index (χ0v) is 6.78. The molecule has 3 nitrogen and oxygen atoms in total. The zero-order chi connectivity index (χ0) is 10.3. The number of alkyl halides is 3. The number of rotatable bonds is 0. The molecule has 0 fully saturated rings. The molecule has 0 aromatic carbocycles. The molecule has 0 amide bonds. The molecule has 0 saturated carbocycles. The van der Waals surface area contributed by atoms with E-state index in [1.54, 1.807) is 0 Å². The highest BCUT2D eigenvalue weighted by molar-refractivity contribution is 6.30. The van der Waals surface area contributed by atoms with Crippen LogP contribution < -0.4 is 5.59 Å². The monoisotopic (exact) mass is 197 g/mol. The molecule has 2 rings (SSSR count). The molecule has 14 heavy (non-hydrogen) atoms. The van der Waals surface area contributed by atoms with E-state index in [1.165, 1.54) is 12.3 Å². The smallest absolute Gasteiger partial charge is 0.245 e. The van der Waals surface area contributed by atoms with Crippen molar-refractivity contribution in [3.05, 3.63) is 24.0 Å². The summed E-state index contributed by atoms with van der Waals surface area (Å²) >= 11 is 0. The quantitative estimate of drug-likeness (QED) is 0.577. The van der Waals surface area contributed by atoms with Crippen LogP contribution in [0.1, 0.15) is 5.69 Å². The van der Waals surface area contributed by atoms with Gasteiger partial charge in [0.2, 0.25) is 0 Å². The zero-order valence-electron chi connectivity index (χ0n) is 6.78. The van der Waals surface area contributed by atoms with Crippen LogP contribution in [0.2, 0.25) is 0 Å². The number of fused-ring (bicyclic) bond motifs is 1. The average Bonchev–Trinajstić information content (AvgIpc) is 2.45. The van der Waals surface area contributed by atoms with Crippen molar-refractivity contribution in [2.45, 2.75) is 6.18 Å². The largest absolute Gasteiger partial charge is 0.435 e. The Kier molecular flexibility index (Phi) is 1.76. The van der Waals surface area contributed by atoms with E-state index in [0.29, 0.717) is 0 Å². The number of hydrogen-bond donors (Lipinski definition) is 0. The van der Waals surface area contributed by atoms with Crippen LogP contribution in [-0.4, -0.2) is 22.4 Å². The third-order valence-electron chi connectivity index (χ3n) is 1.64. The van der Waals surface area contributed by atoms with Crippen molar-refractivity contribution >= 4 is 19.1 Å². The molecule has 0 bridgehead atoms. The summed E-state index contributed by atoms with van der Waals surface area (Å²) in [6.45, 7) is 0. The summed E-state index contributed by atoms with van der Waals surface area (Å²) in [6, 6.07) is 2.22. The van der Waals surface area contributed by atoms with Crippen molar-refractivity contribution in [3.63, 3.8) is 0 Å². The number of halogens is 3. The molecule has 70 valence electrons. The van der Waals surface area contributed by atoms with Gasteiger partial charge in [0.05, 0.1) is 0 Å². The molecular formula is C7H3BF3N3. The standard InChI is InChI=1S/C7H3BF3N3/c8-5-1-2-14-6(12-5)3-4(13-14)7(9,10)11/h1-3H. The van der Waals surface area contributed by atoms with Gasteiger partial charge in [0.25, 0.3) is 0 Å². The van der Waals surface area contributed by atoms with E-state index in [4.69, 9.17) is 7.85 Å². The fourth-order valence-corrected chi connectivity index (χ4v) is 1.03. The molecule has 2 aromatic rings. The lowest BCUT2D eigenvalue weighted by molar-refractivity contribution is -0.141. The fraction of sp³-hybridized carbons (Fsp3) is 0.143. The van der Waals surface area contributed by atoms with E-state index < -0.39 is 11.9 Å². The molecule has 0 aliphatic heterocycles. The Morgan fingerprint density at radius 3 is 2.71 bits per heavy atom. The summed E-state index contributed by atoms with van der Waals surface area (Å²) < 4.78 is 37.6. The molecule has 0 aliphatic carbocycles. The lowest BCUT2D eigenvalue weighted by Gasteiger charge is -1.98. The molecule has 2 heterocycles. The Balaban J connectivity index is 2.63. The Morgan fingerprint density at radius 1 is 1.36 bits per heavy atom. The van der Waals surface area contributed by atoms with E-state index in [2.05, 4.69) is 10.1 Å². The molecule has 0 saturated heterocycles. The predicted octanol–water partition coefficient (Wildman–Crippen LogP) is 0.542. The van der Waals surface area contributed by atoms with Crippen LogP contribution in [0.3, 0.4) is 0 Å². The van der Waals surface area contributed by atoms with Crippen LogP contribution in [0, 0.1) is 0 Å². The molecule has 0 aliphatic rings. The van der Waals surface area contributed by atoms with Crippen LogP contribution in [0.15, 0.2) is 18.3 Å². The maximum Gasteiger partial charge on any atom is 0.435 e. The molecule has 7 heteroatoms. The maximum absolute atomic E-state index is 12.2. The Hall–Kier alpha value is -1.53. The number of nitrogens with zero attached hydrogens (tertiary/aromatic N) is 3. The van der Waals surface area contributed by atoms with Crippen molar-refractivity contribution in [1.29, 1.82) is 0 Å². The second-order valence-corrected chi connectivity index (χ2v) is 2.68. The summed E-state index contributed by atoms with van der Waals surface area (Å²) in [7, 11) is 5.31. The number of aromatic nitrogens is 3. The Morgan fingerprint density at radius 2 is 2.07 bits per heavy atom. The van der Waals surface area contributed by atoms with Crippen LogP contribution in [0.4, 0.5) is 13.2 Å². The van der Waals surface area contributed by atoms with Crippen LogP contribution in [-0.2, 0) is 6.18 Å². The van der Waals surface area contributed by atoms with E-state index in [9.17, 15) is 13.2 Å². The molecule has 2 aromatic heterocycles. The molecule has 0 N–H and O–H groups in total. The summed E-state index contributed by atoms with van der Waals surface area (Å²) in [4.78, 5) is 3.69. The van der Waals surface area contributed by atoms with Gasteiger partial charge in [-0.15, -0.1) is 0 Å². The highest BCUT2D eigenvalue weighted by Crippen LogP contribution is 2.27. The minimum absolute atomic E-state index is 0.0809. The van der Waals surface area contributed by atoms with E-state index >= 15 is 0 Å². The first kappa shape index (κ1) is 9.05. The van der Waals surface area contributed by atoms with Crippen molar-refractivity contribution in [2.75, 3.05) is 0 Å². The van der Waals surface area contributed by atoms with Gasteiger partial charge >= 0.3 is 6.18 Å². The van der Waals surface area contributed by atoms with Crippen molar-refractivity contribution < 1.29 is 13.2 Å². The third kappa shape index (κ3) is 1.45. The SMILES string of the molecule is [B]c1ccn2nc(C(F)(F)F)cc2n1. The van der Waals surface area contributed by atoms with Crippen molar-refractivity contribution in [1.82, 2.24) is 14.6 Å². The minimum Gasteiger partial charge on any atom is -0.245 e. The summed E-state index contributed by atoms with van der Waals surface area (Å²) in [5.41, 5.74) is -0.737.